The van der Waals surface area contributed by atoms with Crippen LogP contribution in [0.1, 0.15) is 81.1 Å². The van der Waals surface area contributed by atoms with Crippen LogP contribution in [0.2, 0.25) is 0 Å². The summed E-state index contributed by atoms with van der Waals surface area (Å²) in [5.41, 5.74) is 0.344. The summed E-state index contributed by atoms with van der Waals surface area (Å²) >= 11 is 0. The van der Waals surface area contributed by atoms with Crippen LogP contribution in [0.3, 0.4) is 0 Å². The number of methoxy groups -OCH3 is 1. The first-order valence-electron chi connectivity index (χ1n) is 11.1. The highest BCUT2D eigenvalue weighted by atomic mass is 16.5. The number of ether oxygens (including phenoxy) is 1. The van der Waals surface area contributed by atoms with E-state index in [-0.39, 0.29) is 0 Å². The Labute approximate surface area is 163 Å². The van der Waals surface area contributed by atoms with Crippen LogP contribution < -0.4 is 0 Å². The average Bonchev–Trinajstić information content (AvgIpc) is 3.11. The fourth-order valence-electron chi connectivity index (χ4n) is 6.01. The van der Waals surface area contributed by atoms with E-state index in [1.807, 2.05) is 7.11 Å². The van der Waals surface area contributed by atoms with Gasteiger partial charge in [-0.25, -0.2) is 0 Å². The molecule has 0 N–H and O–H groups in total. The molecule has 0 aromatic carbocycles. The number of likely N-dealkylation sites (tertiary alicyclic amines) is 2. The molecule has 0 aliphatic carbocycles. The van der Waals surface area contributed by atoms with Crippen LogP contribution >= 0.6 is 0 Å². The SMILES string of the molecule is COCC1C[C@@H](C(C)(C)CC2CC[C@@H](C(C)C)N2C(C)C)N(C(C)C)C1. The second-order valence-electron chi connectivity index (χ2n) is 10.6. The Hall–Kier alpha value is -0.120. The highest BCUT2D eigenvalue weighted by molar-refractivity contribution is 5.00. The lowest BCUT2D eigenvalue weighted by molar-refractivity contribution is 0.0456. The fourth-order valence-corrected chi connectivity index (χ4v) is 6.01. The van der Waals surface area contributed by atoms with E-state index in [0.717, 1.165) is 24.6 Å². The van der Waals surface area contributed by atoms with Gasteiger partial charge in [0.05, 0.1) is 6.61 Å². The predicted octanol–water partition coefficient (Wildman–Crippen LogP) is 5.05. The molecule has 2 saturated heterocycles. The highest BCUT2D eigenvalue weighted by Gasteiger charge is 2.46. The third-order valence-corrected chi connectivity index (χ3v) is 7.12. The standard InChI is InChI=1S/C23H46N2O/c1-16(2)21-11-10-20(25(21)18(5)6)13-23(7,8)22-12-19(15-26-9)14-24(22)17(3)4/h16-22H,10-15H2,1-9H3/t19?,20?,21-,22-/m0/s1. The summed E-state index contributed by atoms with van der Waals surface area (Å²) in [7, 11) is 1.85. The fraction of sp³-hybridized carbons (Fsp3) is 1.00. The lowest BCUT2D eigenvalue weighted by Gasteiger charge is -2.44. The summed E-state index contributed by atoms with van der Waals surface area (Å²) in [6, 6.07) is 3.45. The van der Waals surface area contributed by atoms with Crippen molar-refractivity contribution in [2.45, 2.75) is 111 Å². The molecule has 0 spiro atoms. The van der Waals surface area contributed by atoms with Gasteiger partial charge in [-0.05, 0) is 70.6 Å². The minimum Gasteiger partial charge on any atom is -0.384 e. The molecule has 0 aromatic heterocycles. The quantitative estimate of drug-likeness (QED) is 0.598. The molecule has 3 heteroatoms. The molecule has 2 unspecified atom stereocenters. The van der Waals surface area contributed by atoms with Crippen molar-refractivity contribution >= 4 is 0 Å². The van der Waals surface area contributed by atoms with Crippen LogP contribution in [0.15, 0.2) is 0 Å². The van der Waals surface area contributed by atoms with Crippen molar-refractivity contribution in [1.29, 1.82) is 0 Å². The van der Waals surface area contributed by atoms with E-state index < -0.39 is 0 Å². The van der Waals surface area contributed by atoms with Gasteiger partial charge in [-0.3, -0.25) is 9.80 Å². The lowest BCUT2D eigenvalue weighted by Crippen LogP contribution is -2.49. The summed E-state index contributed by atoms with van der Waals surface area (Å²) in [6.07, 6.45) is 5.37. The third kappa shape index (κ3) is 4.83. The van der Waals surface area contributed by atoms with Crippen molar-refractivity contribution in [3.8, 4) is 0 Å². The van der Waals surface area contributed by atoms with Gasteiger partial charge in [-0.2, -0.15) is 0 Å². The number of rotatable bonds is 8. The molecule has 0 radical (unpaired) electrons. The van der Waals surface area contributed by atoms with Gasteiger partial charge >= 0.3 is 0 Å². The molecule has 2 rings (SSSR count). The molecule has 2 aliphatic rings. The minimum atomic E-state index is 0.344. The van der Waals surface area contributed by atoms with Gasteiger partial charge in [0.15, 0.2) is 0 Å². The average molecular weight is 367 g/mol. The summed E-state index contributed by atoms with van der Waals surface area (Å²) < 4.78 is 5.50. The molecule has 0 amide bonds. The van der Waals surface area contributed by atoms with Crippen LogP contribution in [0.25, 0.3) is 0 Å². The Balaban J connectivity index is 2.13. The Kier molecular flexibility index (Phi) is 7.61. The third-order valence-electron chi connectivity index (χ3n) is 7.12. The summed E-state index contributed by atoms with van der Waals surface area (Å²) in [6.45, 7) is 21.5. The second kappa shape index (κ2) is 8.92. The maximum Gasteiger partial charge on any atom is 0.0503 e. The zero-order valence-corrected chi connectivity index (χ0v) is 19.1. The number of nitrogens with zero attached hydrogens (tertiary/aromatic N) is 2. The van der Waals surface area contributed by atoms with E-state index in [1.54, 1.807) is 0 Å². The number of hydrogen-bond donors (Lipinski definition) is 0. The molecule has 4 atom stereocenters. The van der Waals surface area contributed by atoms with Crippen molar-refractivity contribution in [3.63, 3.8) is 0 Å². The predicted molar refractivity (Wildman–Crippen MR) is 113 cm³/mol. The molecule has 2 heterocycles. The van der Waals surface area contributed by atoms with Crippen molar-refractivity contribution in [2.75, 3.05) is 20.3 Å². The first-order valence-corrected chi connectivity index (χ1v) is 11.1. The van der Waals surface area contributed by atoms with E-state index in [9.17, 15) is 0 Å². The highest BCUT2D eigenvalue weighted by Crippen LogP contribution is 2.44. The van der Waals surface area contributed by atoms with E-state index in [1.165, 1.54) is 32.2 Å². The molecule has 2 fully saturated rings. The molecular weight excluding hydrogens is 320 g/mol. The van der Waals surface area contributed by atoms with Crippen LogP contribution in [-0.2, 0) is 4.74 Å². The van der Waals surface area contributed by atoms with Crippen LogP contribution in [0.5, 0.6) is 0 Å². The van der Waals surface area contributed by atoms with E-state index in [4.69, 9.17) is 4.74 Å². The second-order valence-corrected chi connectivity index (χ2v) is 10.6. The van der Waals surface area contributed by atoms with Crippen molar-refractivity contribution in [2.24, 2.45) is 17.3 Å². The van der Waals surface area contributed by atoms with Crippen molar-refractivity contribution < 1.29 is 4.74 Å². The topological polar surface area (TPSA) is 15.7 Å². The monoisotopic (exact) mass is 366 g/mol. The van der Waals surface area contributed by atoms with Crippen molar-refractivity contribution in [3.05, 3.63) is 0 Å². The van der Waals surface area contributed by atoms with Gasteiger partial charge < -0.3 is 4.74 Å². The van der Waals surface area contributed by atoms with Gasteiger partial charge in [0.2, 0.25) is 0 Å². The molecule has 2 aliphatic heterocycles. The lowest BCUT2D eigenvalue weighted by atomic mass is 9.76. The molecule has 3 nitrogen and oxygen atoms in total. The summed E-state index contributed by atoms with van der Waals surface area (Å²) in [5.74, 6) is 1.45. The maximum absolute atomic E-state index is 5.50. The molecule has 0 bridgehead atoms. The molecule has 26 heavy (non-hydrogen) atoms. The van der Waals surface area contributed by atoms with Gasteiger partial charge in [-0.1, -0.05) is 27.7 Å². The Morgan fingerprint density at radius 2 is 1.65 bits per heavy atom. The normalized spacial score (nSPS) is 31.8. The van der Waals surface area contributed by atoms with Gasteiger partial charge in [0.1, 0.15) is 0 Å². The van der Waals surface area contributed by atoms with Crippen LogP contribution in [0, 0.1) is 17.3 Å². The zero-order valence-electron chi connectivity index (χ0n) is 19.1. The van der Waals surface area contributed by atoms with Gasteiger partial charge in [0, 0.05) is 43.9 Å². The Bertz CT molecular complexity index is 432. The van der Waals surface area contributed by atoms with Crippen LogP contribution in [-0.4, -0.2) is 60.3 Å². The number of hydrogen-bond acceptors (Lipinski definition) is 3. The zero-order chi connectivity index (χ0) is 19.6. The molecular formula is C23H46N2O. The van der Waals surface area contributed by atoms with E-state index in [2.05, 4.69) is 65.2 Å². The van der Waals surface area contributed by atoms with Gasteiger partial charge in [-0.15, -0.1) is 0 Å². The molecule has 154 valence electrons. The molecule has 0 aromatic rings. The minimum absolute atomic E-state index is 0.344. The smallest absolute Gasteiger partial charge is 0.0503 e. The Morgan fingerprint density at radius 1 is 1.00 bits per heavy atom. The first-order chi connectivity index (χ1) is 12.1. The van der Waals surface area contributed by atoms with E-state index in [0.29, 0.717) is 29.5 Å². The largest absolute Gasteiger partial charge is 0.384 e. The maximum atomic E-state index is 5.50. The van der Waals surface area contributed by atoms with Gasteiger partial charge in [0.25, 0.3) is 0 Å². The summed E-state index contributed by atoms with van der Waals surface area (Å²) in [4.78, 5) is 5.62. The van der Waals surface area contributed by atoms with Crippen molar-refractivity contribution in [1.82, 2.24) is 9.80 Å². The Morgan fingerprint density at radius 3 is 2.15 bits per heavy atom. The van der Waals surface area contributed by atoms with Crippen LogP contribution in [0.4, 0.5) is 0 Å². The van der Waals surface area contributed by atoms with E-state index >= 15 is 0 Å². The first kappa shape index (κ1) is 22.2. The molecule has 0 saturated carbocycles. The summed E-state index contributed by atoms with van der Waals surface area (Å²) in [5, 5.41) is 0.